The fourth-order valence-corrected chi connectivity index (χ4v) is 2.29. The summed E-state index contributed by atoms with van der Waals surface area (Å²) in [5, 5.41) is 0.724. The Hall–Kier alpha value is -0.260. The smallest absolute Gasteiger partial charge is 0.233 e. The van der Waals surface area contributed by atoms with Crippen LogP contribution < -0.4 is 11.3 Å². The van der Waals surface area contributed by atoms with E-state index in [0.717, 1.165) is 31.3 Å². The van der Waals surface area contributed by atoms with Crippen LogP contribution in [0.25, 0.3) is 0 Å². The summed E-state index contributed by atoms with van der Waals surface area (Å²) in [5.41, 5.74) is 2.13. The van der Waals surface area contributed by atoms with Crippen molar-refractivity contribution < 1.29 is 9.53 Å². The molecule has 0 aromatic rings. The van der Waals surface area contributed by atoms with Crippen molar-refractivity contribution in [2.24, 2.45) is 5.84 Å². The highest BCUT2D eigenvalue weighted by atomic mass is 32.2. The van der Waals surface area contributed by atoms with Crippen LogP contribution in [0, 0.1) is 0 Å². The van der Waals surface area contributed by atoms with E-state index in [1.165, 1.54) is 12.2 Å². The molecule has 3 N–H and O–H groups in total. The SMILES string of the molecule is NNC(=O)CCCCCSC1COC1. The van der Waals surface area contributed by atoms with E-state index in [4.69, 9.17) is 10.6 Å². The van der Waals surface area contributed by atoms with Crippen LogP contribution in [0.15, 0.2) is 0 Å². The Morgan fingerprint density at radius 2 is 2.21 bits per heavy atom. The minimum Gasteiger partial charge on any atom is -0.379 e. The van der Waals surface area contributed by atoms with Crippen molar-refractivity contribution in [2.75, 3.05) is 19.0 Å². The summed E-state index contributed by atoms with van der Waals surface area (Å²) in [7, 11) is 0. The number of nitrogens with two attached hydrogens (primary N) is 1. The molecule has 0 aromatic carbocycles. The summed E-state index contributed by atoms with van der Waals surface area (Å²) in [5.74, 6) is 6.07. The normalized spacial score (nSPS) is 16.4. The van der Waals surface area contributed by atoms with Gasteiger partial charge in [-0.05, 0) is 18.6 Å². The van der Waals surface area contributed by atoms with Crippen LogP contribution in [-0.2, 0) is 9.53 Å². The number of carbonyl (C=O) groups excluding carboxylic acids is 1. The minimum atomic E-state index is -0.0648. The van der Waals surface area contributed by atoms with Crippen molar-refractivity contribution in [3.05, 3.63) is 0 Å². The van der Waals surface area contributed by atoms with E-state index in [-0.39, 0.29) is 5.91 Å². The number of rotatable bonds is 7. The molecule has 0 unspecified atom stereocenters. The average Bonchev–Trinajstić information content (AvgIpc) is 2.13. The number of hydrazine groups is 1. The second kappa shape index (κ2) is 7.09. The Kier molecular flexibility index (Phi) is 5.98. The van der Waals surface area contributed by atoms with Crippen LogP contribution in [0.2, 0.25) is 0 Å². The first-order valence-corrected chi connectivity index (χ1v) is 6.06. The molecular weight excluding hydrogens is 200 g/mol. The molecule has 0 aromatic heterocycles. The monoisotopic (exact) mass is 218 g/mol. The number of hydrogen-bond donors (Lipinski definition) is 2. The number of unbranched alkanes of at least 4 members (excludes halogenated alkanes) is 2. The molecule has 1 aliphatic heterocycles. The van der Waals surface area contributed by atoms with E-state index in [1.807, 2.05) is 11.8 Å². The zero-order chi connectivity index (χ0) is 10.2. The second-order valence-corrected chi connectivity index (χ2v) is 4.82. The lowest BCUT2D eigenvalue weighted by Gasteiger charge is -2.25. The van der Waals surface area contributed by atoms with Gasteiger partial charge < -0.3 is 4.74 Å². The van der Waals surface area contributed by atoms with Gasteiger partial charge in [0.15, 0.2) is 0 Å². The average molecular weight is 218 g/mol. The molecule has 4 nitrogen and oxygen atoms in total. The minimum absolute atomic E-state index is 0.0648. The maximum absolute atomic E-state index is 10.8. The van der Waals surface area contributed by atoms with Crippen molar-refractivity contribution in [3.8, 4) is 0 Å². The van der Waals surface area contributed by atoms with Gasteiger partial charge >= 0.3 is 0 Å². The van der Waals surface area contributed by atoms with Crippen LogP contribution in [0.1, 0.15) is 25.7 Å². The number of amides is 1. The molecule has 1 rings (SSSR count). The zero-order valence-corrected chi connectivity index (χ0v) is 9.15. The van der Waals surface area contributed by atoms with E-state index in [2.05, 4.69) is 5.43 Å². The van der Waals surface area contributed by atoms with Gasteiger partial charge in [0.2, 0.25) is 5.91 Å². The number of hydrogen-bond acceptors (Lipinski definition) is 4. The zero-order valence-electron chi connectivity index (χ0n) is 8.33. The summed E-state index contributed by atoms with van der Waals surface area (Å²) in [6, 6.07) is 0. The second-order valence-electron chi connectivity index (χ2n) is 3.41. The van der Waals surface area contributed by atoms with Crippen molar-refractivity contribution in [1.29, 1.82) is 0 Å². The van der Waals surface area contributed by atoms with Gasteiger partial charge in [0.1, 0.15) is 0 Å². The first-order chi connectivity index (χ1) is 6.83. The molecule has 5 heteroatoms. The lowest BCUT2D eigenvalue weighted by atomic mass is 10.2. The molecule has 0 aliphatic carbocycles. The lowest BCUT2D eigenvalue weighted by Crippen LogP contribution is -2.30. The van der Waals surface area contributed by atoms with E-state index < -0.39 is 0 Å². The van der Waals surface area contributed by atoms with Crippen LogP contribution in [0.5, 0.6) is 0 Å². The van der Waals surface area contributed by atoms with Gasteiger partial charge in [-0.15, -0.1) is 0 Å². The molecular formula is C9H18N2O2S. The Balaban J connectivity index is 1.77. The maximum Gasteiger partial charge on any atom is 0.233 e. The summed E-state index contributed by atoms with van der Waals surface area (Å²) >= 11 is 1.98. The molecule has 14 heavy (non-hydrogen) atoms. The highest BCUT2D eigenvalue weighted by Crippen LogP contribution is 2.20. The third-order valence-electron chi connectivity index (χ3n) is 2.17. The van der Waals surface area contributed by atoms with E-state index in [9.17, 15) is 4.79 Å². The fourth-order valence-electron chi connectivity index (χ4n) is 1.20. The van der Waals surface area contributed by atoms with Crippen LogP contribution in [0.3, 0.4) is 0 Å². The van der Waals surface area contributed by atoms with Crippen LogP contribution in [-0.4, -0.2) is 30.1 Å². The lowest BCUT2D eigenvalue weighted by molar-refractivity contribution is -0.121. The topological polar surface area (TPSA) is 64.3 Å². The van der Waals surface area contributed by atoms with Crippen molar-refractivity contribution in [1.82, 2.24) is 5.43 Å². The molecule has 1 saturated heterocycles. The van der Waals surface area contributed by atoms with Crippen molar-refractivity contribution >= 4 is 17.7 Å². The van der Waals surface area contributed by atoms with Gasteiger partial charge in [-0.3, -0.25) is 10.2 Å². The first-order valence-electron chi connectivity index (χ1n) is 5.01. The predicted molar refractivity (Wildman–Crippen MR) is 57.9 cm³/mol. The predicted octanol–water partition coefficient (Wildman–Crippen LogP) is 0.669. The molecule has 1 aliphatic rings. The number of thioether (sulfide) groups is 1. The van der Waals surface area contributed by atoms with Crippen molar-refractivity contribution in [2.45, 2.75) is 30.9 Å². The van der Waals surface area contributed by atoms with E-state index in [1.54, 1.807) is 0 Å². The molecule has 0 saturated carbocycles. The van der Waals surface area contributed by atoms with Gasteiger partial charge in [-0.1, -0.05) is 6.42 Å². The Labute approximate surface area is 88.9 Å². The summed E-state index contributed by atoms with van der Waals surface area (Å²) in [6.07, 6.45) is 3.77. The molecule has 0 radical (unpaired) electrons. The molecule has 1 heterocycles. The maximum atomic E-state index is 10.8. The van der Waals surface area contributed by atoms with Crippen molar-refractivity contribution in [3.63, 3.8) is 0 Å². The number of carbonyl (C=O) groups is 1. The number of nitrogens with one attached hydrogen (secondary N) is 1. The first kappa shape index (κ1) is 11.8. The van der Waals surface area contributed by atoms with Gasteiger partial charge in [-0.2, -0.15) is 11.8 Å². The molecule has 0 spiro atoms. The van der Waals surface area contributed by atoms with Gasteiger partial charge in [0, 0.05) is 6.42 Å². The third kappa shape index (κ3) is 4.83. The molecule has 0 bridgehead atoms. The number of ether oxygens (including phenoxy) is 1. The molecule has 82 valence electrons. The molecule has 0 atom stereocenters. The highest BCUT2D eigenvalue weighted by molar-refractivity contribution is 8.00. The fraction of sp³-hybridized carbons (Fsp3) is 0.889. The third-order valence-corrected chi connectivity index (χ3v) is 3.44. The largest absolute Gasteiger partial charge is 0.379 e. The van der Waals surface area contributed by atoms with E-state index >= 15 is 0 Å². The Morgan fingerprint density at radius 1 is 1.43 bits per heavy atom. The van der Waals surface area contributed by atoms with E-state index in [0.29, 0.717) is 6.42 Å². The standard InChI is InChI=1S/C9H18N2O2S/c10-11-9(12)4-2-1-3-5-14-8-6-13-7-8/h8H,1-7,10H2,(H,11,12). The van der Waals surface area contributed by atoms with Gasteiger partial charge in [-0.25, -0.2) is 5.84 Å². The quantitative estimate of drug-likeness (QED) is 0.285. The summed E-state index contributed by atoms with van der Waals surface area (Å²) in [6.45, 7) is 1.83. The Bertz CT molecular complexity index is 174. The summed E-state index contributed by atoms with van der Waals surface area (Å²) < 4.78 is 5.07. The van der Waals surface area contributed by atoms with Gasteiger partial charge in [0.05, 0.1) is 18.5 Å². The highest BCUT2D eigenvalue weighted by Gasteiger charge is 2.17. The summed E-state index contributed by atoms with van der Waals surface area (Å²) in [4.78, 5) is 10.8. The van der Waals surface area contributed by atoms with Gasteiger partial charge in [0.25, 0.3) is 0 Å². The molecule has 1 fully saturated rings. The molecule has 1 amide bonds. The van der Waals surface area contributed by atoms with Crippen LogP contribution >= 0.6 is 11.8 Å². The van der Waals surface area contributed by atoms with Crippen LogP contribution in [0.4, 0.5) is 0 Å². The Morgan fingerprint density at radius 3 is 2.79 bits per heavy atom.